The van der Waals surface area contributed by atoms with Crippen molar-refractivity contribution >= 4 is 12.3 Å². The zero-order valence-electron chi connectivity index (χ0n) is 6.69. The fraction of sp³-hybridized carbons (Fsp3) is 0.600. The third kappa shape index (κ3) is 4.88. The van der Waals surface area contributed by atoms with Crippen molar-refractivity contribution < 1.29 is 46.8 Å². The van der Waals surface area contributed by atoms with Crippen LogP contribution in [0.4, 0.5) is 27.2 Å². The van der Waals surface area contributed by atoms with Gasteiger partial charge < -0.3 is 19.7 Å². The first-order valence-corrected chi connectivity index (χ1v) is 3.14. The summed E-state index contributed by atoms with van der Waals surface area (Å²) in [5, 5.41) is 15.6. The molecule has 2 atom stereocenters. The van der Waals surface area contributed by atoms with E-state index in [1.807, 2.05) is 0 Å². The van der Waals surface area contributed by atoms with E-state index in [2.05, 4.69) is 9.47 Å². The monoisotopic (exact) mass is 236 g/mol. The van der Waals surface area contributed by atoms with Gasteiger partial charge in [-0.15, -0.1) is 0 Å². The molecule has 2 unspecified atom stereocenters. The first-order valence-electron chi connectivity index (χ1n) is 3.14. The molecule has 15 heavy (non-hydrogen) atoms. The number of hydrogen-bond acceptors (Lipinski definition) is 4. The normalized spacial score (nSPS) is 15.2. The van der Waals surface area contributed by atoms with Gasteiger partial charge in [-0.25, -0.2) is 9.59 Å². The van der Waals surface area contributed by atoms with Crippen molar-refractivity contribution in [3.05, 3.63) is 0 Å². The Bertz CT molecular complexity index is 250. The van der Waals surface area contributed by atoms with Gasteiger partial charge in [-0.2, -0.15) is 17.6 Å². The van der Waals surface area contributed by atoms with E-state index in [1.54, 1.807) is 0 Å². The van der Waals surface area contributed by atoms with Gasteiger partial charge in [0.05, 0.1) is 0 Å². The van der Waals surface area contributed by atoms with Gasteiger partial charge in [0.15, 0.2) is 0 Å². The molecule has 88 valence electrons. The molecule has 0 heterocycles. The summed E-state index contributed by atoms with van der Waals surface area (Å²) >= 11 is 0. The Labute approximate surface area is 79.0 Å². The molecule has 10 heteroatoms. The SMILES string of the molecule is O=C(O)OC(F)C(OC(=O)O)C(F)(F)F. The van der Waals surface area contributed by atoms with E-state index >= 15 is 0 Å². The van der Waals surface area contributed by atoms with E-state index in [-0.39, 0.29) is 0 Å². The van der Waals surface area contributed by atoms with Crippen molar-refractivity contribution in [3.63, 3.8) is 0 Å². The second kappa shape index (κ2) is 4.66. The molecule has 0 aromatic rings. The fourth-order valence-electron chi connectivity index (χ4n) is 0.536. The van der Waals surface area contributed by atoms with Crippen molar-refractivity contribution in [3.8, 4) is 0 Å². The van der Waals surface area contributed by atoms with Crippen LogP contribution in [0.2, 0.25) is 0 Å². The van der Waals surface area contributed by atoms with Crippen molar-refractivity contribution in [2.75, 3.05) is 0 Å². The van der Waals surface area contributed by atoms with E-state index in [0.29, 0.717) is 0 Å². The summed E-state index contributed by atoms with van der Waals surface area (Å²) in [6, 6.07) is 0. The number of halogens is 4. The van der Waals surface area contributed by atoms with Gasteiger partial charge in [0, 0.05) is 0 Å². The van der Waals surface area contributed by atoms with E-state index in [9.17, 15) is 27.2 Å². The Balaban J connectivity index is 4.62. The zero-order valence-corrected chi connectivity index (χ0v) is 6.69. The molecule has 2 N–H and O–H groups in total. The molecule has 0 saturated carbocycles. The van der Waals surface area contributed by atoms with Gasteiger partial charge in [-0.1, -0.05) is 0 Å². The van der Waals surface area contributed by atoms with E-state index in [0.717, 1.165) is 0 Å². The smallest absolute Gasteiger partial charge is 0.450 e. The first kappa shape index (κ1) is 13.3. The van der Waals surface area contributed by atoms with Crippen LogP contribution in [-0.2, 0) is 9.47 Å². The van der Waals surface area contributed by atoms with Crippen molar-refractivity contribution in [2.24, 2.45) is 0 Å². The van der Waals surface area contributed by atoms with Gasteiger partial charge in [0.2, 0.25) is 0 Å². The standard InChI is InChI=1S/C5H4F4O6/c6-2(15-4(12)13)1(5(7,8)9)14-3(10)11/h1-2H,(H,10,11)(H,12,13). The molecule has 0 bridgehead atoms. The minimum atomic E-state index is -5.41. The van der Waals surface area contributed by atoms with Crippen LogP contribution in [-0.4, -0.2) is 41.2 Å². The Morgan fingerprint density at radius 2 is 1.47 bits per heavy atom. The minimum Gasteiger partial charge on any atom is -0.450 e. The van der Waals surface area contributed by atoms with Crippen molar-refractivity contribution in [1.82, 2.24) is 0 Å². The van der Waals surface area contributed by atoms with Crippen LogP contribution in [0.5, 0.6) is 0 Å². The van der Waals surface area contributed by atoms with Gasteiger partial charge in [0.25, 0.3) is 12.5 Å². The molecule has 0 amide bonds. The maximum absolute atomic E-state index is 12.5. The molecule has 0 saturated heterocycles. The summed E-state index contributed by atoms with van der Waals surface area (Å²) in [6.07, 6.45) is -17.1. The summed E-state index contributed by atoms with van der Waals surface area (Å²) in [6.45, 7) is 0. The highest BCUT2D eigenvalue weighted by Crippen LogP contribution is 2.27. The number of rotatable bonds is 3. The van der Waals surface area contributed by atoms with Gasteiger partial charge in [0.1, 0.15) is 0 Å². The molecule has 0 aliphatic carbocycles. The molecule has 0 spiro atoms. The average Bonchev–Trinajstić information content (AvgIpc) is 1.95. The van der Waals surface area contributed by atoms with E-state index < -0.39 is 30.9 Å². The fourth-order valence-corrected chi connectivity index (χ4v) is 0.536. The lowest BCUT2D eigenvalue weighted by molar-refractivity contribution is -0.253. The van der Waals surface area contributed by atoms with Crippen LogP contribution in [0.25, 0.3) is 0 Å². The second-order valence-corrected chi connectivity index (χ2v) is 2.08. The number of hydrogen-bond donors (Lipinski definition) is 2. The molecule has 0 fully saturated rings. The molecular formula is C5H4F4O6. The largest absolute Gasteiger partial charge is 0.508 e. The van der Waals surface area contributed by atoms with Gasteiger partial charge >= 0.3 is 18.5 Å². The van der Waals surface area contributed by atoms with Crippen LogP contribution in [0, 0.1) is 0 Å². The molecule has 0 aromatic heterocycles. The molecule has 0 aliphatic heterocycles. The number of carbonyl (C=O) groups is 2. The Morgan fingerprint density at radius 3 is 1.73 bits per heavy atom. The predicted molar refractivity (Wildman–Crippen MR) is 33.0 cm³/mol. The second-order valence-electron chi connectivity index (χ2n) is 2.08. The van der Waals surface area contributed by atoms with Crippen LogP contribution >= 0.6 is 0 Å². The molecular weight excluding hydrogens is 232 g/mol. The summed E-state index contributed by atoms with van der Waals surface area (Å²) < 4.78 is 54.3. The van der Waals surface area contributed by atoms with E-state index in [4.69, 9.17) is 10.2 Å². The Morgan fingerprint density at radius 1 is 1.07 bits per heavy atom. The maximum Gasteiger partial charge on any atom is 0.508 e. The average molecular weight is 236 g/mol. The third-order valence-corrected chi connectivity index (χ3v) is 1.00. The summed E-state index contributed by atoms with van der Waals surface area (Å²) in [4.78, 5) is 19.4. The highest BCUT2D eigenvalue weighted by atomic mass is 19.4. The summed E-state index contributed by atoms with van der Waals surface area (Å²) in [5.74, 6) is 0. The van der Waals surface area contributed by atoms with Crippen molar-refractivity contribution in [1.29, 1.82) is 0 Å². The predicted octanol–water partition coefficient (Wildman–Crippen LogP) is 1.60. The molecule has 0 aromatic carbocycles. The minimum absolute atomic E-state index is 2.33. The van der Waals surface area contributed by atoms with Gasteiger partial charge in [-0.05, 0) is 0 Å². The summed E-state index contributed by atoms with van der Waals surface area (Å²) in [5.41, 5.74) is 0. The zero-order chi connectivity index (χ0) is 12.2. The van der Waals surface area contributed by atoms with Crippen LogP contribution in [0.3, 0.4) is 0 Å². The van der Waals surface area contributed by atoms with Gasteiger partial charge in [-0.3, -0.25) is 0 Å². The number of carboxylic acid groups (broad SMARTS) is 2. The summed E-state index contributed by atoms with van der Waals surface area (Å²) in [7, 11) is 0. The lowest BCUT2D eigenvalue weighted by Gasteiger charge is -2.20. The first-order chi connectivity index (χ1) is 6.64. The molecule has 0 rings (SSSR count). The number of alkyl halides is 4. The molecule has 0 radical (unpaired) electrons. The molecule has 0 aliphatic rings. The van der Waals surface area contributed by atoms with Crippen LogP contribution < -0.4 is 0 Å². The molecule has 6 nitrogen and oxygen atoms in total. The lowest BCUT2D eigenvalue weighted by Crippen LogP contribution is -2.43. The highest BCUT2D eigenvalue weighted by Gasteiger charge is 2.50. The van der Waals surface area contributed by atoms with Crippen LogP contribution in [0.15, 0.2) is 0 Å². The van der Waals surface area contributed by atoms with Crippen LogP contribution in [0.1, 0.15) is 0 Å². The van der Waals surface area contributed by atoms with E-state index in [1.165, 1.54) is 0 Å². The van der Waals surface area contributed by atoms with Crippen molar-refractivity contribution in [2.45, 2.75) is 18.6 Å². The lowest BCUT2D eigenvalue weighted by atomic mass is 10.3. The highest BCUT2D eigenvalue weighted by molar-refractivity contribution is 5.58. The third-order valence-electron chi connectivity index (χ3n) is 1.00. The maximum atomic E-state index is 12.5. The number of ether oxygens (including phenoxy) is 2. The quantitative estimate of drug-likeness (QED) is 0.571. The Hall–Kier alpha value is -1.74. The topological polar surface area (TPSA) is 93.1 Å². The Kier molecular flexibility index (Phi) is 4.12.